The van der Waals surface area contributed by atoms with E-state index in [2.05, 4.69) is 10.00 Å². The molecular weight excluding hydrogens is 484 g/mol. The number of hydrogen-bond acceptors (Lipinski definition) is 8. The second-order valence-corrected chi connectivity index (χ2v) is 9.24. The lowest BCUT2D eigenvalue weighted by Gasteiger charge is -2.29. The van der Waals surface area contributed by atoms with E-state index >= 15 is 0 Å². The number of nitrogens with zero attached hydrogens (tertiary/aromatic N) is 6. The van der Waals surface area contributed by atoms with Crippen molar-refractivity contribution < 1.29 is 18.7 Å². The number of esters is 1. The van der Waals surface area contributed by atoms with E-state index in [4.69, 9.17) is 24.0 Å². The van der Waals surface area contributed by atoms with Crippen molar-refractivity contribution in [3.8, 4) is 28.4 Å². The molecule has 1 fully saturated rings. The normalized spacial score (nSPS) is 13.8. The summed E-state index contributed by atoms with van der Waals surface area (Å²) in [4.78, 5) is 20.1. The molecule has 10 nitrogen and oxygen atoms in total. The Morgan fingerprint density at radius 2 is 1.95 bits per heavy atom. The summed E-state index contributed by atoms with van der Waals surface area (Å²) in [5.74, 6) is 0.704. The van der Waals surface area contributed by atoms with Crippen molar-refractivity contribution in [2.45, 2.75) is 13.8 Å². The highest BCUT2D eigenvalue weighted by atomic mass is 16.5. The van der Waals surface area contributed by atoms with Crippen LogP contribution in [-0.2, 0) is 16.5 Å². The summed E-state index contributed by atoms with van der Waals surface area (Å²) in [7, 11) is 1.86. The molecule has 5 heterocycles. The first kappa shape index (κ1) is 23.9. The van der Waals surface area contributed by atoms with Crippen LogP contribution in [0, 0.1) is 6.92 Å². The van der Waals surface area contributed by atoms with Crippen LogP contribution in [-0.4, -0.2) is 63.4 Å². The molecule has 0 unspecified atom stereocenters. The van der Waals surface area contributed by atoms with E-state index in [-0.39, 0.29) is 6.61 Å². The molecule has 0 spiro atoms. The molecule has 0 bridgehead atoms. The van der Waals surface area contributed by atoms with Crippen LogP contribution < -0.4 is 4.90 Å². The van der Waals surface area contributed by atoms with Crippen molar-refractivity contribution in [2.75, 3.05) is 37.8 Å². The molecule has 1 aliphatic heterocycles. The van der Waals surface area contributed by atoms with Crippen LogP contribution in [0.15, 0.2) is 59.3 Å². The van der Waals surface area contributed by atoms with Gasteiger partial charge in [-0.25, -0.2) is 14.5 Å². The van der Waals surface area contributed by atoms with Gasteiger partial charge in [0.1, 0.15) is 11.3 Å². The maximum absolute atomic E-state index is 13.0. The van der Waals surface area contributed by atoms with Gasteiger partial charge in [0.15, 0.2) is 17.1 Å². The van der Waals surface area contributed by atoms with Gasteiger partial charge in [0.25, 0.3) is 0 Å². The third kappa shape index (κ3) is 4.43. The SMILES string of the molecule is CCOC(=O)c1cc(-c2cccc(C)c2)nn1-c1cc(N2CCOCC2)c2oc(-c3cnn(C)c3)cc2n1. The zero-order valence-corrected chi connectivity index (χ0v) is 21.5. The van der Waals surface area contributed by atoms with Gasteiger partial charge in [-0.05, 0) is 26.0 Å². The molecule has 5 aromatic rings. The van der Waals surface area contributed by atoms with Gasteiger partial charge in [0.2, 0.25) is 0 Å². The number of carbonyl (C=O) groups is 1. The highest BCUT2D eigenvalue weighted by molar-refractivity contribution is 5.93. The summed E-state index contributed by atoms with van der Waals surface area (Å²) in [5.41, 5.74) is 6.02. The van der Waals surface area contributed by atoms with Crippen molar-refractivity contribution in [3.05, 3.63) is 66.1 Å². The second-order valence-electron chi connectivity index (χ2n) is 9.24. The predicted octanol–water partition coefficient (Wildman–Crippen LogP) is 4.40. The van der Waals surface area contributed by atoms with E-state index < -0.39 is 5.97 Å². The monoisotopic (exact) mass is 512 g/mol. The first-order chi connectivity index (χ1) is 18.5. The van der Waals surface area contributed by atoms with E-state index in [1.165, 1.54) is 0 Å². The number of aromatic nitrogens is 5. The molecule has 0 radical (unpaired) electrons. The summed E-state index contributed by atoms with van der Waals surface area (Å²) in [6, 6.07) is 13.6. The van der Waals surface area contributed by atoms with Crippen LogP contribution in [0.25, 0.3) is 39.5 Å². The number of anilines is 1. The number of fused-ring (bicyclic) bond motifs is 1. The molecule has 0 saturated carbocycles. The largest absolute Gasteiger partial charge is 0.461 e. The van der Waals surface area contributed by atoms with E-state index in [9.17, 15) is 4.79 Å². The number of rotatable bonds is 6. The smallest absolute Gasteiger partial charge is 0.357 e. The summed E-state index contributed by atoms with van der Waals surface area (Å²) in [6.07, 6.45) is 3.65. The minimum Gasteiger partial charge on any atom is -0.461 e. The Bertz CT molecular complexity index is 1630. The van der Waals surface area contributed by atoms with Crippen molar-refractivity contribution in [2.24, 2.45) is 7.05 Å². The summed E-state index contributed by atoms with van der Waals surface area (Å²) in [5, 5.41) is 9.09. The summed E-state index contributed by atoms with van der Waals surface area (Å²) >= 11 is 0. The molecule has 194 valence electrons. The first-order valence-corrected chi connectivity index (χ1v) is 12.6. The number of furan rings is 1. The zero-order chi connectivity index (χ0) is 26.2. The fourth-order valence-corrected chi connectivity index (χ4v) is 4.68. The summed E-state index contributed by atoms with van der Waals surface area (Å²) < 4.78 is 20.6. The highest BCUT2D eigenvalue weighted by Crippen LogP contribution is 2.35. The van der Waals surface area contributed by atoms with Crippen molar-refractivity contribution >= 4 is 22.8 Å². The van der Waals surface area contributed by atoms with Gasteiger partial charge in [-0.1, -0.05) is 23.8 Å². The molecule has 1 saturated heterocycles. The third-order valence-corrected chi connectivity index (χ3v) is 6.51. The molecule has 1 aliphatic rings. The standard InChI is InChI=1S/C28H28N6O4/c1-4-37-28(35)24-13-21(19-7-5-6-18(2)12-19)31-34(24)26-15-23(33-8-10-36-11-9-33)27-22(30-26)14-25(38-27)20-16-29-32(3)17-20/h5-7,12-17H,4,8-11H2,1-3H3. The van der Waals surface area contributed by atoms with Gasteiger partial charge in [-0.2, -0.15) is 10.2 Å². The van der Waals surface area contributed by atoms with Crippen LogP contribution in [0.1, 0.15) is 23.0 Å². The molecule has 0 amide bonds. The quantitative estimate of drug-likeness (QED) is 0.309. The zero-order valence-electron chi connectivity index (χ0n) is 21.5. The second kappa shape index (κ2) is 9.79. The van der Waals surface area contributed by atoms with Gasteiger partial charge in [0, 0.05) is 44.0 Å². The first-order valence-electron chi connectivity index (χ1n) is 12.6. The molecule has 4 aromatic heterocycles. The van der Waals surface area contributed by atoms with Crippen LogP contribution in [0.5, 0.6) is 0 Å². The molecule has 0 atom stereocenters. The number of hydrogen-bond donors (Lipinski definition) is 0. The minimum atomic E-state index is -0.461. The van der Waals surface area contributed by atoms with Crippen molar-refractivity contribution in [1.82, 2.24) is 24.5 Å². The Morgan fingerprint density at radius 3 is 2.68 bits per heavy atom. The van der Waals surface area contributed by atoms with Gasteiger partial charge >= 0.3 is 5.97 Å². The van der Waals surface area contributed by atoms with E-state index in [0.717, 1.165) is 22.4 Å². The van der Waals surface area contributed by atoms with Gasteiger partial charge in [-0.15, -0.1) is 0 Å². The predicted molar refractivity (Wildman–Crippen MR) is 142 cm³/mol. The number of benzene rings is 1. The lowest BCUT2D eigenvalue weighted by atomic mass is 10.1. The number of aryl methyl sites for hydroxylation is 2. The molecule has 10 heteroatoms. The lowest BCUT2D eigenvalue weighted by molar-refractivity contribution is 0.0515. The summed E-state index contributed by atoms with van der Waals surface area (Å²) in [6.45, 7) is 6.71. The minimum absolute atomic E-state index is 0.255. The van der Waals surface area contributed by atoms with Crippen LogP contribution >= 0.6 is 0 Å². The topological polar surface area (TPSA) is 100 Å². The third-order valence-electron chi connectivity index (χ3n) is 6.51. The molecule has 0 N–H and O–H groups in total. The number of carbonyl (C=O) groups excluding carboxylic acids is 1. The molecule has 0 aliphatic carbocycles. The van der Waals surface area contributed by atoms with Crippen LogP contribution in [0.2, 0.25) is 0 Å². The average molecular weight is 513 g/mol. The Balaban J connectivity index is 1.54. The van der Waals surface area contributed by atoms with Gasteiger partial charge in [-0.3, -0.25) is 4.68 Å². The van der Waals surface area contributed by atoms with Gasteiger partial charge < -0.3 is 18.8 Å². The maximum Gasteiger partial charge on any atom is 0.357 e. The molecular formula is C28H28N6O4. The Labute approximate surface area is 219 Å². The van der Waals surface area contributed by atoms with Crippen molar-refractivity contribution in [3.63, 3.8) is 0 Å². The van der Waals surface area contributed by atoms with Crippen molar-refractivity contribution in [1.29, 1.82) is 0 Å². The lowest BCUT2D eigenvalue weighted by Crippen LogP contribution is -2.36. The van der Waals surface area contributed by atoms with E-state index in [1.54, 1.807) is 28.6 Å². The van der Waals surface area contributed by atoms with Crippen LogP contribution in [0.4, 0.5) is 5.69 Å². The van der Waals surface area contributed by atoms with Gasteiger partial charge in [0.05, 0.1) is 43.0 Å². The molecule has 1 aromatic carbocycles. The Kier molecular flexibility index (Phi) is 6.16. The highest BCUT2D eigenvalue weighted by Gasteiger charge is 2.24. The molecule has 38 heavy (non-hydrogen) atoms. The van der Waals surface area contributed by atoms with E-state index in [1.807, 2.05) is 56.6 Å². The van der Waals surface area contributed by atoms with Crippen LogP contribution in [0.3, 0.4) is 0 Å². The Hall–Kier alpha value is -4.44. The Morgan fingerprint density at radius 1 is 1.11 bits per heavy atom. The molecule has 6 rings (SSSR count). The number of pyridine rings is 1. The average Bonchev–Trinajstić information content (AvgIpc) is 3.66. The van der Waals surface area contributed by atoms with E-state index in [0.29, 0.717) is 60.4 Å². The fraction of sp³-hybridized carbons (Fsp3) is 0.286. The fourth-order valence-electron chi connectivity index (χ4n) is 4.68. The number of ether oxygens (including phenoxy) is 2. The maximum atomic E-state index is 13.0. The number of morpholine rings is 1.